The fraction of sp³-hybridized carbons (Fsp3) is 0.684. The highest BCUT2D eigenvalue weighted by Gasteiger charge is 2.21. The molecule has 0 bridgehead atoms. The fourth-order valence-electron chi connectivity index (χ4n) is 3.35. The highest BCUT2D eigenvalue weighted by molar-refractivity contribution is 7.18. The summed E-state index contributed by atoms with van der Waals surface area (Å²) in [5.74, 6) is 1.87. The van der Waals surface area contributed by atoms with E-state index in [2.05, 4.69) is 37.9 Å². The summed E-state index contributed by atoms with van der Waals surface area (Å²) >= 11 is 1.76. The van der Waals surface area contributed by atoms with Gasteiger partial charge in [0, 0.05) is 18.0 Å². The van der Waals surface area contributed by atoms with E-state index >= 15 is 0 Å². The Balaban J connectivity index is 1.90. The predicted octanol–water partition coefficient (Wildman–Crippen LogP) is 3.72. The zero-order valence-electron chi connectivity index (χ0n) is 15.9. The van der Waals surface area contributed by atoms with Gasteiger partial charge in [-0.1, -0.05) is 13.8 Å². The molecule has 5 nitrogen and oxygen atoms in total. The van der Waals surface area contributed by atoms with E-state index in [1.807, 2.05) is 0 Å². The number of nitrogens with one attached hydrogen (secondary N) is 1. The van der Waals surface area contributed by atoms with E-state index in [1.54, 1.807) is 11.3 Å². The molecule has 0 aliphatic carbocycles. The van der Waals surface area contributed by atoms with Gasteiger partial charge < -0.3 is 10.4 Å². The zero-order valence-corrected chi connectivity index (χ0v) is 16.7. The third-order valence-electron chi connectivity index (χ3n) is 5.16. The molecule has 25 heavy (non-hydrogen) atoms. The number of aryl methyl sites for hydroxylation is 2. The average Bonchev–Trinajstić information content (AvgIpc) is 3.14. The topological polar surface area (TPSA) is 61.3 Å². The van der Waals surface area contributed by atoms with Crippen LogP contribution in [-0.2, 0) is 6.54 Å². The second kappa shape index (κ2) is 7.56. The minimum atomic E-state index is 0.0279. The molecule has 0 saturated carbocycles. The lowest BCUT2D eigenvalue weighted by Crippen LogP contribution is -2.25. The normalized spacial score (nSPS) is 16.0. The molecule has 0 spiro atoms. The van der Waals surface area contributed by atoms with E-state index in [0.29, 0.717) is 0 Å². The number of rotatable bonds is 7. The van der Waals surface area contributed by atoms with Crippen LogP contribution in [0.5, 0.6) is 0 Å². The maximum Gasteiger partial charge on any atom is 0.146 e. The molecule has 0 atom stereocenters. The number of hydrogen-bond acceptors (Lipinski definition) is 6. The van der Waals surface area contributed by atoms with Crippen LogP contribution in [0.1, 0.15) is 49.4 Å². The van der Waals surface area contributed by atoms with Crippen molar-refractivity contribution in [1.82, 2.24) is 14.9 Å². The van der Waals surface area contributed by atoms with Crippen LogP contribution in [0, 0.1) is 19.3 Å². The van der Waals surface area contributed by atoms with Gasteiger partial charge in [0.1, 0.15) is 16.5 Å². The highest BCUT2D eigenvalue weighted by Crippen LogP contribution is 2.34. The lowest BCUT2D eigenvalue weighted by atomic mass is 9.90. The Hall–Kier alpha value is -1.24. The summed E-state index contributed by atoms with van der Waals surface area (Å²) in [4.78, 5) is 14.6. The summed E-state index contributed by atoms with van der Waals surface area (Å²) in [7, 11) is 0. The van der Waals surface area contributed by atoms with Gasteiger partial charge in [0.15, 0.2) is 0 Å². The maximum absolute atomic E-state index is 9.26. The molecule has 1 aliphatic rings. The van der Waals surface area contributed by atoms with E-state index < -0.39 is 0 Å². The van der Waals surface area contributed by atoms with E-state index in [9.17, 15) is 5.11 Å². The summed E-state index contributed by atoms with van der Waals surface area (Å²) in [5.41, 5.74) is 1.30. The van der Waals surface area contributed by atoms with Gasteiger partial charge in [-0.3, -0.25) is 4.90 Å². The van der Waals surface area contributed by atoms with Crippen molar-refractivity contribution < 1.29 is 5.11 Å². The molecule has 0 radical (unpaired) electrons. The zero-order chi connectivity index (χ0) is 18.0. The first kappa shape index (κ1) is 18.5. The standard InChI is InChI=1S/C19H30N4OS/c1-13-14(2)25-18-16(13)17(20-12-19(3,4)7-10-24)21-15(22-18)11-23-8-5-6-9-23/h24H,5-12H2,1-4H3,(H,20,21,22). The summed E-state index contributed by atoms with van der Waals surface area (Å²) < 4.78 is 0. The predicted molar refractivity (Wildman–Crippen MR) is 105 cm³/mol. The van der Waals surface area contributed by atoms with Gasteiger partial charge in [0.2, 0.25) is 0 Å². The molecule has 1 fully saturated rings. The van der Waals surface area contributed by atoms with Crippen LogP contribution >= 0.6 is 11.3 Å². The van der Waals surface area contributed by atoms with Gasteiger partial charge in [-0.25, -0.2) is 9.97 Å². The maximum atomic E-state index is 9.26. The largest absolute Gasteiger partial charge is 0.396 e. The molecular weight excluding hydrogens is 332 g/mol. The van der Waals surface area contributed by atoms with Crippen LogP contribution in [0.15, 0.2) is 0 Å². The quantitative estimate of drug-likeness (QED) is 0.786. The molecule has 0 unspecified atom stereocenters. The highest BCUT2D eigenvalue weighted by atomic mass is 32.1. The Morgan fingerprint density at radius 1 is 1.20 bits per heavy atom. The number of thiophene rings is 1. The van der Waals surface area contributed by atoms with Crippen LogP contribution in [-0.4, -0.2) is 46.2 Å². The minimum Gasteiger partial charge on any atom is -0.396 e. The van der Waals surface area contributed by atoms with E-state index in [1.165, 1.54) is 23.3 Å². The number of anilines is 1. The molecule has 1 aliphatic heterocycles. The molecular formula is C19H30N4OS. The van der Waals surface area contributed by atoms with Crippen molar-refractivity contribution in [2.24, 2.45) is 5.41 Å². The third kappa shape index (κ3) is 4.30. The van der Waals surface area contributed by atoms with Crippen molar-refractivity contribution in [3.8, 4) is 0 Å². The first-order valence-electron chi connectivity index (χ1n) is 9.23. The van der Waals surface area contributed by atoms with Gasteiger partial charge in [-0.2, -0.15) is 0 Å². The number of aliphatic hydroxyl groups is 1. The van der Waals surface area contributed by atoms with Crippen LogP contribution in [0.2, 0.25) is 0 Å². The average molecular weight is 363 g/mol. The summed E-state index contributed by atoms with van der Waals surface area (Å²) in [6.45, 7) is 12.8. The Morgan fingerprint density at radius 2 is 1.92 bits per heavy atom. The number of likely N-dealkylation sites (tertiary alicyclic amines) is 1. The lowest BCUT2D eigenvalue weighted by molar-refractivity contribution is 0.220. The van der Waals surface area contributed by atoms with E-state index in [-0.39, 0.29) is 12.0 Å². The van der Waals surface area contributed by atoms with Crippen molar-refractivity contribution >= 4 is 27.4 Å². The molecule has 2 N–H and O–H groups in total. The molecule has 6 heteroatoms. The van der Waals surface area contributed by atoms with Gasteiger partial charge >= 0.3 is 0 Å². The van der Waals surface area contributed by atoms with Crippen molar-refractivity contribution in [3.05, 3.63) is 16.3 Å². The number of aliphatic hydroxyl groups excluding tert-OH is 1. The third-order valence-corrected chi connectivity index (χ3v) is 6.26. The molecule has 2 aromatic heterocycles. The van der Waals surface area contributed by atoms with Crippen LogP contribution in [0.4, 0.5) is 5.82 Å². The Morgan fingerprint density at radius 3 is 2.60 bits per heavy atom. The molecule has 1 saturated heterocycles. The smallest absolute Gasteiger partial charge is 0.146 e. The van der Waals surface area contributed by atoms with Crippen molar-refractivity contribution in [2.75, 3.05) is 31.6 Å². The molecule has 0 amide bonds. The van der Waals surface area contributed by atoms with Crippen molar-refractivity contribution in [2.45, 2.75) is 53.5 Å². The van der Waals surface area contributed by atoms with Crippen LogP contribution < -0.4 is 5.32 Å². The van der Waals surface area contributed by atoms with Gasteiger partial charge in [0.25, 0.3) is 0 Å². The SMILES string of the molecule is Cc1sc2nc(CN3CCCC3)nc(NCC(C)(C)CCO)c2c1C. The Bertz CT molecular complexity index is 735. The van der Waals surface area contributed by atoms with Gasteiger partial charge in [-0.15, -0.1) is 11.3 Å². The van der Waals surface area contributed by atoms with Crippen molar-refractivity contribution in [3.63, 3.8) is 0 Å². The lowest BCUT2D eigenvalue weighted by Gasteiger charge is -2.24. The van der Waals surface area contributed by atoms with Gasteiger partial charge in [0.05, 0.1) is 11.9 Å². The minimum absolute atomic E-state index is 0.0279. The molecule has 3 rings (SSSR count). The second-order valence-electron chi connectivity index (χ2n) is 7.93. The van der Waals surface area contributed by atoms with Crippen LogP contribution in [0.3, 0.4) is 0 Å². The van der Waals surface area contributed by atoms with E-state index in [0.717, 1.165) is 54.5 Å². The second-order valence-corrected chi connectivity index (χ2v) is 9.13. The summed E-state index contributed by atoms with van der Waals surface area (Å²) in [6.07, 6.45) is 3.33. The van der Waals surface area contributed by atoms with Crippen LogP contribution in [0.25, 0.3) is 10.2 Å². The van der Waals surface area contributed by atoms with Gasteiger partial charge in [-0.05, 0) is 57.2 Å². The Kier molecular flexibility index (Phi) is 5.61. The number of hydrogen-bond donors (Lipinski definition) is 2. The molecule has 3 heterocycles. The molecule has 138 valence electrons. The van der Waals surface area contributed by atoms with Crippen molar-refractivity contribution in [1.29, 1.82) is 0 Å². The molecule has 2 aromatic rings. The number of fused-ring (bicyclic) bond motifs is 1. The fourth-order valence-corrected chi connectivity index (χ4v) is 4.40. The number of aromatic nitrogens is 2. The first-order chi connectivity index (χ1) is 11.9. The summed E-state index contributed by atoms with van der Waals surface area (Å²) in [5, 5.41) is 14.0. The van der Waals surface area contributed by atoms with E-state index in [4.69, 9.17) is 9.97 Å². The first-order valence-corrected chi connectivity index (χ1v) is 10.0. The molecule has 0 aromatic carbocycles. The monoisotopic (exact) mass is 362 g/mol. The summed E-state index contributed by atoms with van der Waals surface area (Å²) in [6, 6.07) is 0. The number of nitrogens with zero attached hydrogens (tertiary/aromatic N) is 3. The Labute approximate surface area is 154 Å².